The Morgan fingerprint density at radius 2 is 1.94 bits per heavy atom. The fraction of sp³-hybridized carbons (Fsp3) is 0.391. The molecule has 0 bridgehead atoms. The summed E-state index contributed by atoms with van der Waals surface area (Å²) in [5.41, 5.74) is 2.35. The van der Waals surface area contributed by atoms with Crippen LogP contribution in [0, 0.1) is 6.92 Å². The molecule has 1 aliphatic rings. The fourth-order valence-electron chi connectivity index (χ4n) is 3.53. The lowest BCUT2D eigenvalue weighted by Crippen LogP contribution is -2.25. The molecule has 1 aliphatic heterocycles. The van der Waals surface area contributed by atoms with Crippen molar-refractivity contribution in [2.75, 3.05) is 31.6 Å². The van der Waals surface area contributed by atoms with E-state index in [-0.39, 0.29) is 28.7 Å². The first kappa shape index (κ1) is 22.9. The van der Waals surface area contributed by atoms with Crippen LogP contribution >= 0.6 is 11.6 Å². The Morgan fingerprint density at radius 1 is 1.19 bits per heavy atom. The van der Waals surface area contributed by atoms with Crippen molar-refractivity contribution in [3.8, 4) is 11.5 Å². The molecule has 3 rings (SSSR count). The Balaban J connectivity index is 1.68. The van der Waals surface area contributed by atoms with E-state index in [1.165, 1.54) is 19.8 Å². The number of halogens is 1. The molecule has 7 nitrogen and oxygen atoms in total. The zero-order chi connectivity index (χ0) is 22.4. The van der Waals surface area contributed by atoms with E-state index in [0.29, 0.717) is 24.3 Å². The van der Waals surface area contributed by atoms with Crippen molar-refractivity contribution in [2.24, 2.45) is 0 Å². The molecule has 0 aromatic heterocycles. The summed E-state index contributed by atoms with van der Waals surface area (Å²) in [4.78, 5) is 26.3. The molecule has 1 heterocycles. The van der Waals surface area contributed by atoms with Gasteiger partial charge in [-0.3, -0.25) is 9.69 Å². The van der Waals surface area contributed by atoms with E-state index in [1.807, 2.05) is 13.0 Å². The lowest BCUT2D eigenvalue weighted by Gasteiger charge is -2.16. The Kier molecular flexibility index (Phi) is 7.76. The predicted octanol–water partition coefficient (Wildman–Crippen LogP) is 4.14. The smallest absolute Gasteiger partial charge is 0.341 e. The number of phenolic OH excluding ortho intramolecular Hbond substituents is 1. The molecule has 2 aromatic rings. The van der Waals surface area contributed by atoms with Crippen molar-refractivity contribution in [3.63, 3.8) is 0 Å². The van der Waals surface area contributed by atoms with Gasteiger partial charge in [-0.25, -0.2) is 4.79 Å². The summed E-state index contributed by atoms with van der Waals surface area (Å²) in [7, 11) is 0. The molecule has 0 aliphatic carbocycles. The average Bonchev–Trinajstić information content (AvgIpc) is 3.22. The molecule has 166 valence electrons. The minimum absolute atomic E-state index is 0.0122. The minimum atomic E-state index is -0.537. The van der Waals surface area contributed by atoms with E-state index in [4.69, 9.17) is 21.1 Å². The zero-order valence-corrected chi connectivity index (χ0v) is 18.5. The van der Waals surface area contributed by atoms with Gasteiger partial charge >= 0.3 is 11.9 Å². The van der Waals surface area contributed by atoms with Crippen molar-refractivity contribution in [3.05, 3.63) is 52.0 Å². The highest BCUT2D eigenvalue weighted by Gasteiger charge is 2.18. The maximum Gasteiger partial charge on any atom is 0.341 e. The van der Waals surface area contributed by atoms with Crippen LogP contribution in [-0.4, -0.2) is 48.2 Å². The maximum atomic E-state index is 12.5. The van der Waals surface area contributed by atoms with E-state index in [2.05, 4.69) is 10.2 Å². The van der Waals surface area contributed by atoms with Crippen LogP contribution in [0.25, 0.3) is 0 Å². The second kappa shape index (κ2) is 10.5. The second-order valence-corrected chi connectivity index (χ2v) is 8.00. The quantitative estimate of drug-likeness (QED) is 0.465. The van der Waals surface area contributed by atoms with Gasteiger partial charge in [-0.1, -0.05) is 17.7 Å². The Bertz CT molecular complexity index is 957. The summed E-state index contributed by atoms with van der Waals surface area (Å²) in [5, 5.41) is 13.6. The van der Waals surface area contributed by atoms with Crippen LogP contribution in [0.2, 0.25) is 5.02 Å². The number of hydrogen-bond donors (Lipinski definition) is 2. The van der Waals surface area contributed by atoms with Crippen molar-refractivity contribution < 1.29 is 24.2 Å². The number of esters is 2. The first-order chi connectivity index (χ1) is 14.8. The highest BCUT2D eigenvalue weighted by Crippen LogP contribution is 2.30. The number of hydrogen-bond acceptors (Lipinski definition) is 7. The van der Waals surface area contributed by atoms with Crippen LogP contribution in [0.5, 0.6) is 11.5 Å². The third-order valence-electron chi connectivity index (χ3n) is 5.06. The molecule has 0 unspecified atom stereocenters. The van der Waals surface area contributed by atoms with Crippen molar-refractivity contribution in [1.82, 2.24) is 4.90 Å². The first-order valence-corrected chi connectivity index (χ1v) is 10.6. The third kappa shape index (κ3) is 6.35. The van der Waals surface area contributed by atoms with Gasteiger partial charge < -0.3 is 19.9 Å². The molecule has 0 saturated carbocycles. The molecule has 31 heavy (non-hydrogen) atoms. The number of rotatable bonds is 8. The van der Waals surface area contributed by atoms with Gasteiger partial charge in [-0.15, -0.1) is 0 Å². The van der Waals surface area contributed by atoms with Gasteiger partial charge in [-0.2, -0.15) is 0 Å². The normalized spacial score (nSPS) is 13.8. The number of aromatic hydroxyl groups is 1. The number of nitrogens with one attached hydrogen (secondary N) is 1. The molecule has 0 amide bonds. The molecule has 8 heteroatoms. The van der Waals surface area contributed by atoms with Crippen LogP contribution in [0.4, 0.5) is 5.69 Å². The summed E-state index contributed by atoms with van der Waals surface area (Å²) >= 11 is 6.03. The highest BCUT2D eigenvalue weighted by molar-refractivity contribution is 6.32. The lowest BCUT2D eigenvalue weighted by atomic mass is 10.1. The fourth-order valence-corrected chi connectivity index (χ4v) is 3.82. The number of carbonyl (C=O) groups is 2. The van der Waals surface area contributed by atoms with E-state index in [9.17, 15) is 14.7 Å². The SMILES string of the molecule is CC(=O)Oc1cc(NCc2cc(C)cc(Cl)c2O)ccc1C(=O)OCCN1CCCC1. The van der Waals surface area contributed by atoms with Crippen LogP contribution in [-0.2, 0) is 16.1 Å². The largest absolute Gasteiger partial charge is 0.506 e. The summed E-state index contributed by atoms with van der Waals surface area (Å²) in [6.07, 6.45) is 2.34. The van der Waals surface area contributed by atoms with Crippen LogP contribution < -0.4 is 10.1 Å². The Morgan fingerprint density at radius 3 is 2.65 bits per heavy atom. The lowest BCUT2D eigenvalue weighted by molar-refractivity contribution is -0.131. The van der Waals surface area contributed by atoms with Crippen molar-refractivity contribution >= 4 is 29.2 Å². The highest BCUT2D eigenvalue weighted by atomic mass is 35.5. The van der Waals surface area contributed by atoms with Crippen LogP contribution in [0.3, 0.4) is 0 Å². The second-order valence-electron chi connectivity index (χ2n) is 7.60. The molecule has 0 spiro atoms. The molecular weight excluding hydrogens is 420 g/mol. The molecule has 2 N–H and O–H groups in total. The average molecular weight is 447 g/mol. The van der Waals surface area contributed by atoms with Gasteiger partial charge in [0.15, 0.2) is 0 Å². The zero-order valence-electron chi connectivity index (χ0n) is 17.7. The van der Waals surface area contributed by atoms with E-state index in [0.717, 1.165) is 18.7 Å². The minimum Gasteiger partial charge on any atom is -0.506 e. The Labute approximate surface area is 186 Å². The number of carbonyl (C=O) groups excluding carboxylic acids is 2. The van der Waals surface area contributed by atoms with Gasteiger partial charge in [0.1, 0.15) is 23.7 Å². The van der Waals surface area contributed by atoms with Gasteiger partial charge in [0.2, 0.25) is 0 Å². The number of aryl methyl sites for hydroxylation is 1. The van der Waals surface area contributed by atoms with Crippen LogP contribution in [0.15, 0.2) is 30.3 Å². The number of ether oxygens (including phenoxy) is 2. The monoisotopic (exact) mass is 446 g/mol. The van der Waals surface area contributed by atoms with Crippen LogP contribution in [0.1, 0.15) is 41.3 Å². The maximum absolute atomic E-state index is 12.5. The standard InChI is InChI=1S/C23H27ClN2O5/c1-15-11-17(22(28)20(24)12-15)14-25-18-5-6-19(21(13-18)31-16(2)27)23(29)30-10-9-26-7-3-4-8-26/h5-6,11-13,25,28H,3-4,7-10,14H2,1-2H3. The first-order valence-electron chi connectivity index (χ1n) is 10.3. The number of benzene rings is 2. The number of anilines is 1. The van der Waals surface area contributed by atoms with Gasteiger partial charge in [-0.05, 0) is 56.6 Å². The number of phenols is 1. The van der Waals surface area contributed by atoms with E-state index < -0.39 is 11.9 Å². The van der Waals surface area contributed by atoms with E-state index >= 15 is 0 Å². The molecule has 0 atom stereocenters. The summed E-state index contributed by atoms with van der Waals surface area (Å²) in [6.45, 7) is 6.48. The topological polar surface area (TPSA) is 88.1 Å². The molecule has 1 fully saturated rings. The van der Waals surface area contributed by atoms with Crippen molar-refractivity contribution in [1.29, 1.82) is 0 Å². The van der Waals surface area contributed by atoms with Crippen molar-refractivity contribution in [2.45, 2.75) is 33.2 Å². The molecule has 2 aromatic carbocycles. The molecule has 1 saturated heterocycles. The van der Waals surface area contributed by atoms with Gasteiger partial charge in [0.05, 0.1) is 5.02 Å². The van der Waals surface area contributed by atoms with Gasteiger partial charge in [0, 0.05) is 37.3 Å². The predicted molar refractivity (Wildman–Crippen MR) is 119 cm³/mol. The third-order valence-corrected chi connectivity index (χ3v) is 5.35. The van der Waals surface area contributed by atoms with Gasteiger partial charge in [0.25, 0.3) is 0 Å². The molecular formula is C23H27ClN2O5. The summed E-state index contributed by atoms with van der Waals surface area (Å²) < 4.78 is 10.6. The summed E-state index contributed by atoms with van der Waals surface area (Å²) in [5.74, 6) is -0.940. The summed E-state index contributed by atoms with van der Waals surface area (Å²) in [6, 6.07) is 8.32. The Hall–Kier alpha value is -2.77. The number of likely N-dealkylation sites (tertiary alicyclic amines) is 1. The van der Waals surface area contributed by atoms with E-state index in [1.54, 1.807) is 24.3 Å². The number of nitrogens with zero attached hydrogens (tertiary/aromatic N) is 1. The molecule has 0 radical (unpaired) electrons.